The number of nitrogens with one attached hydrogen (secondary N) is 1. The van der Waals surface area contributed by atoms with Crippen molar-refractivity contribution in [3.8, 4) is 11.4 Å². The fourth-order valence-electron chi connectivity index (χ4n) is 2.42. The van der Waals surface area contributed by atoms with Gasteiger partial charge in [-0.25, -0.2) is 8.42 Å². The fraction of sp³-hybridized carbons (Fsp3) is 0. The largest absolute Gasteiger partial charge is 0.263 e. The first-order valence-electron chi connectivity index (χ1n) is 7.59. The number of nitrogens with zero attached hydrogens (tertiary/aromatic N) is 4. The van der Waals surface area contributed by atoms with Crippen molar-refractivity contribution in [2.45, 2.75) is 4.90 Å². The third-order valence-electron chi connectivity index (χ3n) is 3.66. The van der Waals surface area contributed by atoms with E-state index >= 15 is 0 Å². The number of hydrogen-bond acceptors (Lipinski definition) is 5. The predicted molar refractivity (Wildman–Crippen MR) is 98.5 cm³/mol. The number of benzene rings is 2. The highest BCUT2D eigenvalue weighted by Crippen LogP contribution is 2.20. The molecule has 0 saturated carbocycles. The highest BCUT2D eigenvalue weighted by Gasteiger charge is 2.16. The Morgan fingerprint density at radius 3 is 2.35 bits per heavy atom. The van der Waals surface area contributed by atoms with E-state index in [4.69, 9.17) is 11.6 Å². The van der Waals surface area contributed by atoms with Gasteiger partial charge in [0.25, 0.3) is 10.0 Å². The molecule has 26 heavy (non-hydrogen) atoms. The van der Waals surface area contributed by atoms with E-state index in [9.17, 15) is 8.42 Å². The van der Waals surface area contributed by atoms with Crippen LogP contribution in [0.5, 0.6) is 0 Å². The fourth-order valence-corrected chi connectivity index (χ4v) is 3.54. The Balaban J connectivity index is 1.72. The van der Waals surface area contributed by atoms with E-state index in [1.165, 1.54) is 34.8 Å². The monoisotopic (exact) mass is 385 g/mol. The maximum atomic E-state index is 12.5. The molecule has 2 aromatic carbocycles. The molecule has 9 heteroatoms. The molecule has 2 heterocycles. The van der Waals surface area contributed by atoms with Crippen LogP contribution in [-0.2, 0) is 10.0 Å². The van der Waals surface area contributed by atoms with Crippen LogP contribution in [0.25, 0.3) is 17.0 Å². The normalized spacial score (nSPS) is 11.6. The third-order valence-corrected chi connectivity index (χ3v) is 5.28. The molecule has 0 saturated heterocycles. The summed E-state index contributed by atoms with van der Waals surface area (Å²) < 4.78 is 29.0. The SMILES string of the molecule is O=S(=O)(Nc1ccc2nnc(-c3ccccc3)n2n1)c1ccc(Cl)cc1. The van der Waals surface area contributed by atoms with Crippen molar-refractivity contribution < 1.29 is 8.42 Å². The molecule has 0 amide bonds. The minimum absolute atomic E-state index is 0.0934. The molecule has 0 aliphatic rings. The minimum Gasteiger partial charge on any atom is -0.262 e. The van der Waals surface area contributed by atoms with E-state index in [2.05, 4.69) is 20.0 Å². The molecule has 0 aliphatic carbocycles. The highest BCUT2D eigenvalue weighted by molar-refractivity contribution is 7.92. The van der Waals surface area contributed by atoms with Gasteiger partial charge in [-0.2, -0.15) is 4.52 Å². The molecule has 4 rings (SSSR count). The summed E-state index contributed by atoms with van der Waals surface area (Å²) in [5.41, 5.74) is 1.34. The summed E-state index contributed by atoms with van der Waals surface area (Å²) in [5.74, 6) is 0.678. The molecule has 0 fully saturated rings. The van der Waals surface area contributed by atoms with Gasteiger partial charge in [-0.3, -0.25) is 4.72 Å². The summed E-state index contributed by atoms with van der Waals surface area (Å²) in [4.78, 5) is 0.0934. The second-order valence-corrected chi connectivity index (χ2v) is 7.56. The van der Waals surface area contributed by atoms with E-state index in [-0.39, 0.29) is 10.7 Å². The summed E-state index contributed by atoms with van der Waals surface area (Å²) in [5, 5.41) is 13.0. The maximum absolute atomic E-state index is 12.5. The zero-order valence-corrected chi connectivity index (χ0v) is 14.8. The molecule has 0 spiro atoms. The van der Waals surface area contributed by atoms with Crippen molar-refractivity contribution in [1.29, 1.82) is 0 Å². The van der Waals surface area contributed by atoms with E-state index < -0.39 is 10.0 Å². The van der Waals surface area contributed by atoms with Crippen LogP contribution in [-0.4, -0.2) is 28.2 Å². The lowest BCUT2D eigenvalue weighted by molar-refractivity contribution is 0.601. The van der Waals surface area contributed by atoms with Gasteiger partial charge in [-0.1, -0.05) is 41.9 Å². The molecule has 0 unspecified atom stereocenters. The second kappa shape index (κ2) is 6.40. The number of rotatable bonds is 4. The van der Waals surface area contributed by atoms with Crippen molar-refractivity contribution >= 4 is 33.1 Å². The summed E-state index contributed by atoms with van der Waals surface area (Å²) >= 11 is 5.81. The number of aromatic nitrogens is 4. The van der Waals surface area contributed by atoms with E-state index in [0.29, 0.717) is 16.5 Å². The lowest BCUT2D eigenvalue weighted by Gasteiger charge is -2.08. The third kappa shape index (κ3) is 3.12. The Labute approximate surface area is 154 Å². The highest BCUT2D eigenvalue weighted by atomic mass is 35.5. The molecule has 7 nitrogen and oxygen atoms in total. The molecular formula is C17H12ClN5O2S. The molecule has 130 valence electrons. The molecule has 0 atom stereocenters. The van der Waals surface area contributed by atoms with Crippen molar-refractivity contribution in [1.82, 2.24) is 19.8 Å². The van der Waals surface area contributed by atoms with Crippen molar-refractivity contribution in [2.75, 3.05) is 4.72 Å². The molecular weight excluding hydrogens is 374 g/mol. The van der Waals surface area contributed by atoms with Gasteiger partial charge in [-0.05, 0) is 36.4 Å². The summed E-state index contributed by atoms with van der Waals surface area (Å²) in [6, 6.07) is 18.5. The van der Waals surface area contributed by atoms with Crippen LogP contribution in [0, 0.1) is 0 Å². The smallest absolute Gasteiger partial charge is 0.262 e. The Morgan fingerprint density at radius 2 is 1.62 bits per heavy atom. The second-order valence-electron chi connectivity index (χ2n) is 5.44. The summed E-state index contributed by atoms with van der Waals surface area (Å²) in [6.45, 7) is 0. The standard InChI is InChI=1S/C17H12ClN5O2S/c18-13-6-8-14(9-7-13)26(24,25)22-15-10-11-16-19-20-17(23(16)21-15)12-4-2-1-3-5-12/h1-11H,(H,21,22). The van der Waals surface area contributed by atoms with Gasteiger partial charge >= 0.3 is 0 Å². The van der Waals surface area contributed by atoms with Crippen molar-refractivity contribution in [3.63, 3.8) is 0 Å². The average molecular weight is 386 g/mol. The van der Waals surface area contributed by atoms with Gasteiger partial charge in [0, 0.05) is 10.6 Å². The molecule has 0 radical (unpaired) electrons. The molecule has 0 bridgehead atoms. The van der Waals surface area contributed by atoms with Gasteiger partial charge < -0.3 is 0 Å². The number of halogens is 1. The van der Waals surface area contributed by atoms with Crippen LogP contribution in [0.2, 0.25) is 5.02 Å². The number of hydrogen-bond donors (Lipinski definition) is 1. The summed E-state index contributed by atoms with van der Waals surface area (Å²) in [7, 11) is -3.78. The predicted octanol–water partition coefficient (Wildman–Crippen LogP) is 3.25. The van der Waals surface area contributed by atoms with Crippen LogP contribution < -0.4 is 4.72 Å². The van der Waals surface area contributed by atoms with Crippen LogP contribution in [0.4, 0.5) is 5.82 Å². The maximum Gasteiger partial charge on any atom is 0.263 e. The number of fused-ring (bicyclic) bond motifs is 1. The summed E-state index contributed by atoms with van der Waals surface area (Å²) in [6.07, 6.45) is 0. The Kier molecular flexibility index (Phi) is 4.06. The van der Waals surface area contributed by atoms with Gasteiger partial charge in [-0.15, -0.1) is 15.3 Å². The first kappa shape index (κ1) is 16.5. The Hall–Kier alpha value is -2.97. The average Bonchev–Trinajstić information content (AvgIpc) is 3.06. The molecule has 4 aromatic rings. The van der Waals surface area contributed by atoms with Gasteiger partial charge in [0.05, 0.1) is 4.90 Å². The van der Waals surface area contributed by atoms with Gasteiger partial charge in [0.2, 0.25) is 0 Å². The Morgan fingerprint density at radius 1 is 0.885 bits per heavy atom. The van der Waals surface area contributed by atoms with E-state index in [1.54, 1.807) is 6.07 Å². The lowest BCUT2D eigenvalue weighted by Crippen LogP contribution is -2.14. The topological polar surface area (TPSA) is 89.2 Å². The van der Waals surface area contributed by atoms with Crippen LogP contribution in [0.15, 0.2) is 71.6 Å². The van der Waals surface area contributed by atoms with Crippen molar-refractivity contribution in [3.05, 3.63) is 71.8 Å². The van der Waals surface area contributed by atoms with E-state index in [0.717, 1.165) is 5.56 Å². The minimum atomic E-state index is -3.78. The van der Waals surface area contributed by atoms with Crippen LogP contribution in [0.1, 0.15) is 0 Å². The Bertz CT molecular complexity index is 1170. The van der Waals surface area contributed by atoms with Gasteiger partial charge in [0.15, 0.2) is 17.3 Å². The lowest BCUT2D eigenvalue weighted by atomic mass is 10.2. The number of anilines is 1. The molecule has 0 aliphatic heterocycles. The van der Waals surface area contributed by atoms with Crippen LogP contribution in [0.3, 0.4) is 0 Å². The zero-order valence-electron chi connectivity index (χ0n) is 13.2. The van der Waals surface area contributed by atoms with Gasteiger partial charge in [0.1, 0.15) is 0 Å². The van der Waals surface area contributed by atoms with Crippen LogP contribution >= 0.6 is 11.6 Å². The number of sulfonamides is 1. The first-order valence-corrected chi connectivity index (χ1v) is 9.45. The van der Waals surface area contributed by atoms with E-state index in [1.807, 2.05) is 30.3 Å². The molecule has 2 aromatic heterocycles. The van der Waals surface area contributed by atoms with Crippen molar-refractivity contribution in [2.24, 2.45) is 0 Å². The first-order chi connectivity index (χ1) is 12.5. The molecule has 1 N–H and O–H groups in total. The zero-order chi connectivity index (χ0) is 18.1. The quantitative estimate of drug-likeness (QED) is 0.582.